The fourth-order valence-corrected chi connectivity index (χ4v) is 6.97. The van der Waals surface area contributed by atoms with E-state index in [2.05, 4.69) is 26.0 Å². The molecule has 39 heavy (non-hydrogen) atoms. The largest absolute Gasteiger partial charge is 0.497 e. The van der Waals surface area contributed by atoms with Crippen LogP contribution < -0.4 is 9.75 Å². The fraction of sp³-hybridized carbons (Fsp3) is 0.250. The third-order valence-corrected chi connectivity index (χ3v) is 9.24. The maximum absolute atomic E-state index is 13.7. The lowest BCUT2D eigenvalue weighted by Gasteiger charge is -2.21. The first kappa shape index (κ1) is 28.9. The number of nitrogens with zero attached hydrogens (tertiary/aromatic N) is 4. The van der Waals surface area contributed by atoms with E-state index >= 15 is 0 Å². The molecule has 0 aliphatic heterocycles. The number of hydrogen-bond donors (Lipinski definition) is 0. The van der Waals surface area contributed by atoms with Crippen molar-refractivity contribution in [2.45, 2.75) is 31.6 Å². The molecule has 0 unspecified atom stereocenters. The van der Waals surface area contributed by atoms with Crippen molar-refractivity contribution >= 4 is 64.8 Å². The lowest BCUT2D eigenvalue weighted by Crippen LogP contribution is -2.32. The molecule has 0 aliphatic carbocycles. The number of carbonyl (C=O) groups excluding carboxylic acids is 1. The molecule has 0 bridgehead atoms. The number of sulfonamides is 1. The van der Waals surface area contributed by atoms with Gasteiger partial charge in [0.15, 0.2) is 0 Å². The third kappa shape index (κ3) is 6.73. The summed E-state index contributed by atoms with van der Waals surface area (Å²) >= 11 is 4.81. The third-order valence-electron chi connectivity index (χ3n) is 5.84. The van der Waals surface area contributed by atoms with Crippen LogP contribution in [0.2, 0.25) is 0 Å². The number of carbonyl (C=O) groups is 1. The number of fused-ring (bicyclic) bond motifs is 1. The second kappa shape index (κ2) is 12.8. The summed E-state index contributed by atoms with van der Waals surface area (Å²) in [5.74, 6) is 0.282. The van der Waals surface area contributed by atoms with Crippen molar-refractivity contribution in [3.05, 3.63) is 82.3 Å². The van der Waals surface area contributed by atoms with Gasteiger partial charge in [-0.05, 0) is 85.1 Å². The average molecular weight is 630 g/mol. The molecule has 1 aromatic heterocycles. The highest BCUT2D eigenvalue weighted by Crippen LogP contribution is 2.32. The zero-order chi connectivity index (χ0) is 28.0. The van der Waals surface area contributed by atoms with Crippen molar-refractivity contribution in [2.24, 2.45) is 5.10 Å². The summed E-state index contributed by atoms with van der Waals surface area (Å²) < 4.78 is 34.8. The second-order valence-corrected chi connectivity index (χ2v) is 12.5. The van der Waals surface area contributed by atoms with Crippen LogP contribution >= 0.6 is 27.3 Å². The Bertz CT molecular complexity index is 1560. The Morgan fingerprint density at radius 1 is 1.03 bits per heavy atom. The number of thiazole rings is 1. The molecule has 0 saturated heterocycles. The zero-order valence-electron chi connectivity index (χ0n) is 21.9. The predicted molar refractivity (Wildman–Crippen MR) is 161 cm³/mol. The van der Waals surface area contributed by atoms with Gasteiger partial charge < -0.3 is 4.74 Å². The number of methoxy groups -OCH3 is 1. The minimum Gasteiger partial charge on any atom is -0.497 e. The minimum absolute atomic E-state index is 0.152. The molecule has 0 spiro atoms. The number of hydrazone groups is 1. The summed E-state index contributed by atoms with van der Waals surface area (Å²) in [4.78, 5) is 18.5. The lowest BCUT2D eigenvalue weighted by atomic mass is 10.2. The van der Waals surface area contributed by atoms with Crippen molar-refractivity contribution in [2.75, 3.05) is 25.2 Å². The van der Waals surface area contributed by atoms with E-state index in [0.29, 0.717) is 29.5 Å². The topological polar surface area (TPSA) is 92.2 Å². The van der Waals surface area contributed by atoms with Crippen LogP contribution in [0.3, 0.4) is 0 Å². The Kier molecular flexibility index (Phi) is 9.49. The molecule has 0 N–H and O–H groups in total. The number of rotatable bonds is 11. The van der Waals surface area contributed by atoms with E-state index in [0.717, 1.165) is 33.1 Å². The molecule has 1 amide bonds. The number of anilines is 1. The fourth-order valence-electron chi connectivity index (χ4n) is 3.87. The molecular formula is C28H29BrN4O4S2. The molecule has 0 radical (unpaired) electrons. The van der Waals surface area contributed by atoms with E-state index in [1.165, 1.54) is 44.9 Å². The number of hydrogen-bond acceptors (Lipinski definition) is 7. The summed E-state index contributed by atoms with van der Waals surface area (Å²) in [6, 6.07) is 19.0. The Balaban J connectivity index is 1.68. The summed E-state index contributed by atoms with van der Waals surface area (Å²) in [6.45, 7) is 4.78. The van der Waals surface area contributed by atoms with Gasteiger partial charge >= 0.3 is 0 Å². The maximum atomic E-state index is 13.7. The number of amides is 1. The number of ether oxygens (including phenoxy) is 1. The van der Waals surface area contributed by atoms with E-state index in [-0.39, 0.29) is 4.90 Å². The molecule has 4 aromatic rings. The summed E-state index contributed by atoms with van der Waals surface area (Å²) in [5, 5.41) is 6.13. The van der Waals surface area contributed by atoms with Gasteiger partial charge in [-0.15, -0.1) is 0 Å². The van der Waals surface area contributed by atoms with Crippen LogP contribution in [0.1, 0.15) is 42.6 Å². The van der Waals surface area contributed by atoms with Crippen LogP contribution in [0.5, 0.6) is 5.75 Å². The first-order valence-electron chi connectivity index (χ1n) is 12.5. The normalized spacial score (nSPS) is 11.9. The van der Waals surface area contributed by atoms with E-state index in [1.54, 1.807) is 13.3 Å². The molecule has 4 rings (SSSR count). The van der Waals surface area contributed by atoms with Crippen molar-refractivity contribution < 1.29 is 17.9 Å². The van der Waals surface area contributed by atoms with Gasteiger partial charge in [-0.2, -0.15) is 14.4 Å². The molecule has 0 aliphatic rings. The molecule has 204 valence electrons. The number of halogens is 1. The highest BCUT2D eigenvalue weighted by molar-refractivity contribution is 9.10. The van der Waals surface area contributed by atoms with E-state index in [4.69, 9.17) is 4.74 Å². The molecule has 1 heterocycles. The standard InChI is InChI=1S/C28H29BrN4O4S2/c1-4-16-32(17-5-2)39(35,36)24-13-8-21(9-14-24)27(34)33(30-19-20-6-11-23(37-3)12-7-20)28-31-25-15-10-22(29)18-26(25)38-28/h6-15,18-19H,4-5,16-17H2,1-3H3/b30-19+. The van der Waals surface area contributed by atoms with Crippen LogP contribution in [0.25, 0.3) is 10.2 Å². The number of benzene rings is 3. The zero-order valence-corrected chi connectivity index (χ0v) is 25.1. The van der Waals surface area contributed by atoms with Gasteiger partial charge in [-0.25, -0.2) is 13.4 Å². The molecule has 8 nitrogen and oxygen atoms in total. The SMILES string of the molecule is CCCN(CCC)S(=O)(=O)c1ccc(C(=O)N(/N=C/c2ccc(OC)cc2)c2nc3ccc(Br)cc3s2)cc1. The van der Waals surface area contributed by atoms with Gasteiger partial charge in [0.2, 0.25) is 15.2 Å². The summed E-state index contributed by atoms with van der Waals surface area (Å²) in [6.07, 6.45) is 3.01. The van der Waals surface area contributed by atoms with Crippen LogP contribution in [0, 0.1) is 0 Å². The first-order chi connectivity index (χ1) is 18.8. The molecule has 0 saturated carbocycles. The van der Waals surface area contributed by atoms with Crippen molar-refractivity contribution in [3.8, 4) is 5.75 Å². The molecule has 0 fully saturated rings. The van der Waals surface area contributed by atoms with Gasteiger partial charge in [-0.1, -0.05) is 41.1 Å². The van der Waals surface area contributed by atoms with Crippen molar-refractivity contribution in [3.63, 3.8) is 0 Å². The Hall–Kier alpha value is -3.12. The maximum Gasteiger partial charge on any atom is 0.280 e. The Morgan fingerprint density at radius 2 is 1.69 bits per heavy atom. The highest BCUT2D eigenvalue weighted by atomic mass is 79.9. The van der Waals surface area contributed by atoms with E-state index < -0.39 is 15.9 Å². The smallest absolute Gasteiger partial charge is 0.280 e. The summed E-state index contributed by atoms with van der Waals surface area (Å²) in [7, 11) is -2.07. The summed E-state index contributed by atoms with van der Waals surface area (Å²) in [5.41, 5.74) is 1.80. The van der Waals surface area contributed by atoms with Crippen LogP contribution in [0.4, 0.5) is 5.13 Å². The van der Waals surface area contributed by atoms with Crippen LogP contribution in [0.15, 0.2) is 81.2 Å². The van der Waals surface area contributed by atoms with Crippen molar-refractivity contribution in [1.82, 2.24) is 9.29 Å². The van der Waals surface area contributed by atoms with Gasteiger partial charge in [0.05, 0.1) is 28.4 Å². The van der Waals surface area contributed by atoms with E-state index in [1.807, 2.05) is 56.3 Å². The molecular weight excluding hydrogens is 600 g/mol. The average Bonchev–Trinajstić information content (AvgIpc) is 3.36. The Labute approximate surface area is 241 Å². The van der Waals surface area contributed by atoms with Gasteiger partial charge in [-0.3, -0.25) is 4.79 Å². The quantitative estimate of drug-likeness (QED) is 0.139. The van der Waals surface area contributed by atoms with Gasteiger partial charge in [0.1, 0.15) is 5.75 Å². The highest BCUT2D eigenvalue weighted by Gasteiger charge is 2.25. The predicted octanol–water partition coefficient (Wildman–Crippen LogP) is 6.56. The lowest BCUT2D eigenvalue weighted by molar-refractivity contribution is 0.0987. The molecule has 3 aromatic carbocycles. The van der Waals surface area contributed by atoms with Gasteiger partial charge in [0, 0.05) is 23.1 Å². The van der Waals surface area contributed by atoms with Gasteiger partial charge in [0.25, 0.3) is 5.91 Å². The second-order valence-electron chi connectivity index (χ2n) is 8.67. The molecule has 0 atom stereocenters. The monoisotopic (exact) mass is 628 g/mol. The Morgan fingerprint density at radius 3 is 2.31 bits per heavy atom. The first-order valence-corrected chi connectivity index (χ1v) is 15.5. The van der Waals surface area contributed by atoms with Crippen LogP contribution in [-0.2, 0) is 10.0 Å². The van der Waals surface area contributed by atoms with Crippen molar-refractivity contribution in [1.29, 1.82) is 0 Å². The number of aromatic nitrogens is 1. The minimum atomic E-state index is -3.66. The van der Waals surface area contributed by atoms with E-state index in [9.17, 15) is 13.2 Å². The van der Waals surface area contributed by atoms with Crippen LogP contribution in [-0.4, -0.2) is 50.0 Å². The molecule has 11 heteroatoms.